The lowest BCUT2D eigenvalue weighted by Crippen LogP contribution is -2.55. The zero-order chi connectivity index (χ0) is 7.65. The third-order valence-electron chi connectivity index (χ3n) is 1.38. The fraction of sp³-hybridized carbons (Fsp3) is 1.00. The summed E-state index contributed by atoms with van der Waals surface area (Å²) in [6, 6.07) is -0.350. The molecule has 0 heterocycles. The predicted molar refractivity (Wildman–Crippen MR) is 37.9 cm³/mol. The highest BCUT2D eigenvalue weighted by molar-refractivity contribution is 4.88. The Morgan fingerprint density at radius 2 is 1.78 bits per heavy atom. The van der Waals surface area contributed by atoms with E-state index in [2.05, 4.69) is 0 Å². The second-order valence-electron chi connectivity index (χ2n) is 3.09. The van der Waals surface area contributed by atoms with Crippen LogP contribution in [0.1, 0.15) is 20.8 Å². The van der Waals surface area contributed by atoms with Gasteiger partial charge in [-0.1, -0.05) is 0 Å². The second kappa shape index (κ2) is 2.64. The molecule has 3 nitrogen and oxygen atoms in total. The van der Waals surface area contributed by atoms with E-state index in [4.69, 9.17) is 16.6 Å². The number of hydrogen-bond donors (Lipinski definition) is 3. The van der Waals surface area contributed by atoms with E-state index in [0.717, 1.165) is 0 Å². The maximum atomic E-state index is 8.95. The quantitative estimate of drug-likeness (QED) is 0.471. The van der Waals surface area contributed by atoms with Crippen LogP contribution < -0.4 is 11.5 Å². The van der Waals surface area contributed by atoms with Gasteiger partial charge in [-0.2, -0.15) is 0 Å². The summed E-state index contributed by atoms with van der Waals surface area (Å²) in [7, 11) is 0. The summed E-state index contributed by atoms with van der Waals surface area (Å²) in [6.45, 7) is 5.23. The number of hydrogen-bond acceptors (Lipinski definition) is 3. The highest BCUT2D eigenvalue weighted by Crippen LogP contribution is 2.05. The molecule has 0 radical (unpaired) electrons. The van der Waals surface area contributed by atoms with Crippen molar-refractivity contribution in [3.8, 4) is 0 Å². The van der Waals surface area contributed by atoms with E-state index in [1.54, 1.807) is 20.8 Å². The summed E-state index contributed by atoms with van der Waals surface area (Å²) < 4.78 is 0. The smallest absolute Gasteiger partial charge is 0.0680 e. The van der Waals surface area contributed by atoms with Crippen molar-refractivity contribution < 1.29 is 5.11 Å². The molecule has 0 aliphatic rings. The highest BCUT2D eigenvalue weighted by atomic mass is 16.3. The number of aliphatic hydroxyl groups excluding tert-OH is 1. The summed E-state index contributed by atoms with van der Waals surface area (Å²) >= 11 is 0. The van der Waals surface area contributed by atoms with Crippen LogP contribution in [0.15, 0.2) is 0 Å². The second-order valence-corrected chi connectivity index (χ2v) is 3.09. The molecule has 0 aromatic carbocycles. The Morgan fingerprint density at radius 1 is 1.44 bits per heavy atom. The number of nitrogens with two attached hydrogens (primary N) is 2. The maximum Gasteiger partial charge on any atom is 0.0680 e. The zero-order valence-corrected chi connectivity index (χ0v) is 6.26. The topological polar surface area (TPSA) is 72.3 Å². The normalized spacial score (nSPS) is 19.3. The van der Waals surface area contributed by atoms with Crippen LogP contribution in [0.3, 0.4) is 0 Å². The molecular formula is C6H16N2O. The van der Waals surface area contributed by atoms with Crippen molar-refractivity contribution in [1.82, 2.24) is 0 Å². The van der Waals surface area contributed by atoms with Crippen molar-refractivity contribution in [2.24, 2.45) is 11.5 Å². The summed E-state index contributed by atoms with van der Waals surface area (Å²) in [4.78, 5) is 0. The summed E-state index contributed by atoms with van der Waals surface area (Å²) in [5.41, 5.74) is 10.6. The molecule has 0 fully saturated rings. The summed E-state index contributed by atoms with van der Waals surface area (Å²) in [5.74, 6) is 0. The SMILES string of the molecule is CC(O)C(N)C(C)(C)N. The Morgan fingerprint density at radius 3 is 1.78 bits per heavy atom. The van der Waals surface area contributed by atoms with Crippen LogP contribution in [0.5, 0.6) is 0 Å². The largest absolute Gasteiger partial charge is 0.392 e. The Balaban J connectivity index is 3.88. The van der Waals surface area contributed by atoms with Crippen LogP contribution in [-0.2, 0) is 0 Å². The van der Waals surface area contributed by atoms with Gasteiger partial charge in [-0.15, -0.1) is 0 Å². The van der Waals surface area contributed by atoms with E-state index < -0.39 is 11.6 Å². The third kappa shape index (κ3) is 2.79. The van der Waals surface area contributed by atoms with E-state index in [1.807, 2.05) is 0 Å². The summed E-state index contributed by atoms with van der Waals surface area (Å²) in [6.07, 6.45) is -0.537. The molecule has 0 aromatic heterocycles. The van der Waals surface area contributed by atoms with Gasteiger partial charge in [0.05, 0.1) is 6.10 Å². The predicted octanol–water partition coefficient (Wildman–Crippen LogP) is -0.568. The molecule has 0 spiro atoms. The number of rotatable bonds is 2. The van der Waals surface area contributed by atoms with E-state index in [0.29, 0.717) is 0 Å². The average molecular weight is 132 g/mol. The van der Waals surface area contributed by atoms with Gasteiger partial charge in [-0.25, -0.2) is 0 Å². The molecule has 0 aliphatic carbocycles. The molecule has 0 rings (SSSR count). The van der Waals surface area contributed by atoms with Crippen molar-refractivity contribution in [3.05, 3.63) is 0 Å². The Bertz CT molecular complexity index is 85.5. The molecule has 56 valence electrons. The van der Waals surface area contributed by atoms with Gasteiger partial charge in [0.1, 0.15) is 0 Å². The lowest BCUT2D eigenvalue weighted by molar-refractivity contribution is 0.131. The molecule has 0 bridgehead atoms. The van der Waals surface area contributed by atoms with E-state index >= 15 is 0 Å². The maximum absolute atomic E-state index is 8.95. The molecule has 0 saturated carbocycles. The fourth-order valence-electron chi connectivity index (χ4n) is 0.622. The van der Waals surface area contributed by atoms with Gasteiger partial charge in [0.2, 0.25) is 0 Å². The molecule has 0 amide bonds. The first kappa shape index (κ1) is 8.88. The van der Waals surface area contributed by atoms with Gasteiger partial charge in [0.15, 0.2) is 0 Å². The first-order chi connectivity index (χ1) is 3.85. The lowest BCUT2D eigenvalue weighted by Gasteiger charge is -2.28. The minimum atomic E-state index is -0.537. The molecule has 9 heavy (non-hydrogen) atoms. The van der Waals surface area contributed by atoms with Crippen molar-refractivity contribution in [3.63, 3.8) is 0 Å². The molecular weight excluding hydrogens is 116 g/mol. The van der Waals surface area contributed by atoms with Crippen LogP contribution in [0.25, 0.3) is 0 Å². The van der Waals surface area contributed by atoms with Gasteiger partial charge >= 0.3 is 0 Å². The third-order valence-corrected chi connectivity index (χ3v) is 1.38. The number of aliphatic hydroxyl groups is 1. The fourth-order valence-corrected chi connectivity index (χ4v) is 0.622. The van der Waals surface area contributed by atoms with Gasteiger partial charge in [0, 0.05) is 11.6 Å². The standard InChI is InChI=1S/C6H16N2O/c1-4(9)5(7)6(2,3)8/h4-5,9H,7-8H2,1-3H3. The summed E-state index contributed by atoms with van der Waals surface area (Å²) in [5, 5.41) is 8.95. The van der Waals surface area contributed by atoms with Crippen molar-refractivity contribution in [2.75, 3.05) is 0 Å². The Labute approximate surface area is 56.0 Å². The van der Waals surface area contributed by atoms with Gasteiger partial charge in [-0.3, -0.25) is 0 Å². The van der Waals surface area contributed by atoms with Gasteiger partial charge < -0.3 is 16.6 Å². The van der Waals surface area contributed by atoms with Crippen LogP contribution in [0.4, 0.5) is 0 Å². The average Bonchev–Trinajstić information content (AvgIpc) is 1.62. The molecule has 0 aromatic rings. The first-order valence-electron chi connectivity index (χ1n) is 3.08. The zero-order valence-electron chi connectivity index (χ0n) is 6.26. The van der Waals surface area contributed by atoms with E-state index in [1.165, 1.54) is 0 Å². The minimum absolute atomic E-state index is 0.350. The van der Waals surface area contributed by atoms with Crippen molar-refractivity contribution in [1.29, 1.82) is 0 Å². The van der Waals surface area contributed by atoms with Crippen molar-refractivity contribution in [2.45, 2.75) is 38.5 Å². The van der Waals surface area contributed by atoms with Crippen molar-refractivity contribution >= 4 is 0 Å². The monoisotopic (exact) mass is 132 g/mol. The molecule has 2 unspecified atom stereocenters. The molecule has 2 atom stereocenters. The molecule has 0 aliphatic heterocycles. The van der Waals surface area contributed by atoms with Crippen LogP contribution in [-0.4, -0.2) is 22.8 Å². The lowest BCUT2D eigenvalue weighted by atomic mass is 9.93. The minimum Gasteiger partial charge on any atom is -0.392 e. The van der Waals surface area contributed by atoms with E-state index in [-0.39, 0.29) is 6.04 Å². The van der Waals surface area contributed by atoms with Crippen LogP contribution in [0.2, 0.25) is 0 Å². The van der Waals surface area contributed by atoms with Gasteiger partial charge in [-0.05, 0) is 20.8 Å². The first-order valence-corrected chi connectivity index (χ1v) is 3.08. The van der Waals surface area contributed by atoms with Crippen LogP contribution in [0, 0.1) is 0 Å². The molecule has 0 saturated heterocycles. The van der Waals surface area contributed by atoms with E-state index in [9.17, 15) is 0 Å². The molecule has 3 heteroatoms. The van der Waals surface area contributed by atoms with Crippen LogP contribution >= 0.6 is 0 Å². The highest BCUT2D eigenvalue weighted by Gasteiger charge is 2.24. The Hall–Kier alpha value is -0.120. The van der Waals surface area contributed by atoms with Gasteiger partial charge in [0.25, 0.3) is 0 Å². The Kier molecular flexibility index (Phi) is 2.61. The molecule has 5 N–H and O–H groups in total.